The zero-order chi connectivity index (χ0) is 33.4. The molecule has 48 heavy (non-hydrogen) atoms. The van der Waals surface area contributed by atoms with Crippen LogP contribution < -0.4 is 19.8 Å². The first-order chi connectivity index (χ1) is 23.2. The number of ether oxygens (including phenoxy) is 2. The lowest BCUT2D eigenvalue weighted by Gasteiger charge is -2.43. The Hall–Kier alpha value is -5.94. The average molecular weight is 660 g/mol. The quantitative estimate of drug-likeness (QED) is 0.0651. The van der Waals surface area contributed by atoms with Crippen LogP contribution in [0.1, 0.15) is 31.9 Å². The van der Waals surface area contributed by atoms with Gasteiger partial charge in [-0.3, -0.25) is 0 Å². The molecule has 0 amide bonds. The summed E-state index contributed by atoms with van der Waals surface area (Å²) in [6.07, 6.45) is 3.65. The number of anilines is 3. The van der Waals surface area contributed by atoms with E-state index in [4.69, 9.17) is 21.1 Å². The summed E-state index contributed by atoms with van der Waals surface area (Å²) >= 11 is 6.13. The van der Waals surface area contributed by atoms with E-state index in [2.05, 4.69) is 55.5 Å². The van der Waals surface area contributed by atoms with E-state index < -0.39 is 11.5 Å². The van der Waals surface area contributed by atoms with Gasteiger partial charge >= 0.3 is 5.97 Å². The van der Waals surface area contributed by atoms with Crippen LogP contribution in [0.3, 0.4) is 0 Å². The number of hydrazone groups is 1. The first kappa shape index (κ1) is 30.7. The standard InChI is InChI=1S/C36H30ClN7O4/c1-21-18-36(2,3)44(29-14-13-24(17-26(21)29)48-32(46)20-47-31-11-7-5-9-27(31)37)23-12-15-30(45)22(16-23)19-38-42-35-40-34-33(41-43-35)25-8-4-6-10-28(25)39-34/h4-19,45H,20H2,1-3H3,(H2,39,40,42,43)/b38-19+. The summed E-state index contributed by atoms with van der Waals surface area (Å²) in [5, 5.41) is 24.8. The van der Waals surface area contributed by atoms with Gasteiger partial charge in [0.15, 0.2) is 12.3 Å². The van der Waals surface area contributed by atoms with Crippen LogP contribution in [0.25, 0.3) is 27.6 Å². The highest BCUT2D eigenvalue weighted by molar-refractivity contribution is 6.32. The summed E-state index contributed by atoms with van der Waals surface area (Å²) in [5.74, 6) is 0.505. The molecular weight excluding hydrogens is 630 g/mol. The van der Waals surface area contributed by atoms with Gasteiger partial charge in [0.2, 0.25) is 0 Å². The lowest BCUT2D eigenvalue weighted by atomic mass is 9.88. The van der Waals surface area contributed by atoms with Gasteiger partial charge in [-0.15, -0.1) is 10.2 Å². The molecule has 6 aromatic rings. The van der Waals surface area contributed by atoms with E-state index in [-0.39, 0.29) is 18.3 Å². The van der Waals surface area contributed by atoms with Gasteiger partial charge in [-0.1, -0.05) is 48.0 Å². The Morgan fingerprint density at radius 3 is 2.73 bits per heavy atom. The maximum atomic E-state index is 12.6. The number of hydrogen-bond acceptors (Lipinski definition) is 10. The third-order valence-corrected chi connectivity index (χ3v) is 8.27. The molecule has 0 aliphatic carbocycles. The minimum atomic E-state index is -0.553. The van der Waals surface area contributed by atoms with Crippen LogP contribution in [0.15, 0.2) is 96.1 Å². The molecule has 4 aromatic carbocycles. The molecule has 0 radical (unpaired) electrons. The highest BCUT2D eigenvalue weighted by Crippen LogP contribution is 2.45. The van der Waals surface area contributed by atoms with Crippen molar-refractivity contribution in [3.63, 3.8) is 0 Å². The molecule has 0 atom stereocenters. The molecule has 1 aliphatic heterocycles. The first-order valence-corrected chi connectivity index (χ1v) is 15.5. The number of phenolic OH excluding ortho intramolecular Hbond substituents is 1. The molecule has 0 bridgehead atoms. The van der Waals surface area contributed by atoms with Gasteiger partial charge < -0.3 is 24.5 Å². The van der Waals surface area contributed by atoms with Gasteiger partial charge in [-0.2, -0.15) is 10.1 Å². The van der Waals surface area contributed by atoms with Crippen LogP contribution in [-0.2, 0) is 4.79 Å². The zero-order valence-electron chi connectivity index (χ0n) is 26.2. The summed E-state index contributed by atoms with van der Waals surface area (Å²) in [7, 11) is 0. The van der Waals surface area contributed by atoms with E-state index >= 15 is 0 Å². The van der Waals surface area contributed by atoms with Gasteiger partial charge in [0, 0.05) is 33.4 Å². The van der Waals surface area contributed by atoms with E-state index in [1.54, 1.807) is 36.4 Å². The lowest BCUT2D eigenvalue weighted by Crippen LogP contribution is -2.41. The number of carbonyl (C=O) groups is 1. The summed E-state index contributed by atoms with van der Waals surface area (Å²) in [5.41, 5.74) is 8.69. The third kappa shape index (κ3) is 5.98. The summed E-state index contributed by atoms with van der Waals surface area (Å²) in [4.78, 5) is 22.5. The van der Waals surface area contributed by atoms with Crippen molar-refractivity contribution >= 4 is 68.7 Å². The van der Waals surface area contributed by atoms with Crippen LogP contribution in [0.2, 0.25) is 5.02 Å². The number of para-hydroxylation sites is 2. The van der Waals surface area contributed by atoms with E-state index in [0.717, 1.165) is 33.4 Å². The molecule has 0 unspecified atom stereocenters. The van der Waals surface area contributed by atoms with Crippen LogP contribution >= 0.6 is 11.6 Å². The fraction of sp³-hybridized carbons (Fsp3) is 0.139. The molecule has 240 valence electrons. The number of aromatic hydroxyl groups is 1. The molecule has 0 fully saturated rings. The minimum Gasteiger partial charge on any atom is -0.507 e. The smallest absolute Gasteiger partial charge is 0.349 e. The van der Waals surface area contributed by atoms with Gasteiger partial charge in [0.25, 0.3) is 5.95 Å². The number of nitrogens with zero attached hydrogens (tertiary/aromatic N) is 5. The number of esters is 1. The third-order valence-electron chi connectivity index (χ3n) is 7.95. The van der Waals surface area contributed by atoms with E-state index in [0.29, 0.717) is 33.2 Å². The van der Waals surface area contributed by atoms with Crippen molar-refractivity contribution in [2.24, 2.45) is 5.10 Å². The molecule has 12 heteroatoms. The molecule has 0 spiro atoms. The molecule has 0 saturated carbocycles. The number of benzene rings is 4. The highest BCUT2D eigenvalue weighted by atomic mass is 35.5. The maximum absolute atomic E-state index is 12.6. The Morgan fingerprint density at radius 2 is 1.88 bits per heavy atom. The molecule has 2 aromatic heterocycles. The molecule has 3 heterocycles. The van der Waals surface area contributed by atoms with Gasteiger partial charge in [0.1, 0.15) is 22.8 Å². The van der Waals surface area contributed by atoms with Crippen molar-refractivity contribution in [1.29, 1.82) is 0 Å². The van der Waals surface area contributed by atoms with Crippen molar-refractivity contribution in [3.8, 4) is 17.2 Å². The normalized spacial score (nSPS) is 13.8. The van der Waals surface area contributed by atoms with Crippen LogP contribution in [0, 0.1) is 0 Å². The van der Waals surface area contributed by atoms with Crippen molar-refractivity contribution in [1.82, 2.24) is 20.2 Å². The number of fused-ring (bicyclic) bond motifs is 4. The average Bonchev–Trinajstić information content (AvgIpc) is 3.43. The predicted octanol–water partition coefficient (Wildman–Crippen LogP) is 7.63. The second-order valence-corrected chi connectivity index (χ2v) is 12.2. The molecular formula is C36H30ClN7O4. The van der Waals surface area contributed by atoms with Crippen molar-refractivity contribution in [2.75, 3.05) is 16.9 Å². The Kier molecular flexibility index (Phi) is 7.90. The van der Waals surface area contributed by atoms with Gasteiger partial charge in [-0.05, 0) is 80.9 Å². The number of aromatic amines is 1. The predicted molar refractivity (Wildman–Crippen MR) is 187 cm³/mol. The van der Waals surface area contributed by atoms with E-state index in [9.17, 15) is 9.90 Å². The van der Waals surface area contributed by atoms with E-state index in [1.807, 2.05) is 55.5 Å². The number of halogens is 1. The number of allylic oxidation sites excluding steroid dienone is 1. The fourth-order valence-electron chi connectivity index (χ4n) is 5.92. The van der Waals surface area contributed by atoms with E-state index in [1.165, 1.54) is 6.21 Å². The second kappa shape index (κ2) is 12.3. The molecule has 0 saturated heterocycles. The lowest BCUT2D eigenvalue weighted by molar-refractivity contribution is -0.136. The summed E-state index contributed by atoms with van der Waals surface area (Å²) in [6, 6.07) is 25.5. The number of nitrogens with one attached hydrogen (secondary N) is 2. The number of rotatable bonds is 8. The number of H-pyrrole nitrogens is 1. The Labute approximate surface area is 280 Å². The van der Waals surface area contributed by atoms with Crippen LogP contribution in [-0.4, -0.2) is 49.6 Å². The van der Waals surface area contributed by atoms with Gasteiger partial charge in [-0.25, -0.2) is 10.2 Å². The Bertz CT molecular complexity index is 2260. The fourth-order valence-corrected chi connectivity index (χ4v) is 6.11. The first-order valence-electron chi connectivity index (χ1n) is 15.1. The van der Waals surface area contributed by atoms with Gasteiger partial charge in [0.05, 0.1) is 16.8 Å². The monoisotopic (exact) mass is 659 g/mol. The Balaban J connectivity index is 1.11. The minimum absolute atomic E-state index is 0.0532. The van der Waals surface area contributed by atoms with Crippen molar-refractivity contribution in [3.05, 3.63) is 107 Å². The topological polar surface area (TPSA) is 138 Å². The van der Waals surface area contributed by atoms with Crippen LogP contribution in [0.4, 0.5) is 17.3 Å². The largest absolute Gasteiger partial charge is 0.507 e. The molecule has 1 aliphatic rings. The highest BCUT2D eigenvalue weighted by Gasteiger charge is 2.33. The van der Waals surface area contributed by atoms with Crippen molar-refractivity contribution in [2.45, 2.75) is 26.3 Å². The van der Waals surface area contributed by atoms with Crippen molar-refractivity contribution < 1.29 is 19.4 Å². The number of phenols is 1. The number of hydrogen-bond donors (Lipinski definition) is 3. The SMILES string of the molecule is CC1=CC(C)(C)N(c2ccc(O)c(/C=N/Nc3nnc4c(n3)[nH]c3ccccc34)c2)c2ccc(OC(=O)COc3ccccc3Cl)cc21. The number of carbonyl (C=O) groups excluding carboxylic acids is 1. The molecule has 3 N–H and O–H groups in total. The maximum Gasteiger partial charge on any atom is 0.349 e. The molecule has 11 nitrogen and oxygen atoms in total. The number of aromatic nitrogens is 4. The summed E-state index contributed by atoms with van der Waals surface area (Å²) in [6.45, 7) is 5.94. The Morgan fingerprint density at radius 1 is 1.06 bits per heavy atom. The molecule has 7 rings (SSSR count). The van der Waals surface area contributed by atoms with Crippen LogP contribution in [0.5, 0.6) is 17.2 Å². The summed E-state index contributed by atoms with van der Waals surface area (Å²) < 4.78 is 11.1. The second-order valence-electron chi connectivity index (χ2n) is 11.8. The zero-order valence-corrected chi connectivity index (χ0v) is 27.0.